The number of nitrogens with two attached hydrogens (primary N) is 1. The van der Waals surface area contributed by atoms with Gasteiger partial charge in [0.15, 0.2) is 11.5 Å². The molecule has 1 aromatic rings. The Morgan fingerprint density at radius 2 is 2.10 bits per heavy atom. The second-order valence-electron chi connectivity index (χ2n) is 5.07. The summed E-state index contributed by atoms with van der Waals surface area (Å²) < 4.78 is 11.1. The zero-order valence-electron chi connectivity index (χ0n) is 12.0. The zero-order valence-corrected chi connectivity index (χ0v) is 12.7. The predicted molar refractivity (Wildman–Crippen MR) is 80.8 cm³/mol. The molecule has 0 radical (unpaired) electrons. The van der Waals surface area contributed by atoms with Crippen molar-refractivity contribution in [2.75, 3.05) is 46.9 Å². The molecule has 20 heavy (non-hydrogen) atoms. The van der Waals surface area contributed by atoms with Gasteiger partial charge >= 0.3 is 0 Å². The monoisotopic (exact) mass is 299 g/mol. The van der Waals surface area contributed by atoms with Gasteiger partial charge in [0.2, 0.25) is 0 Å². The number of nitrogens with one attached hydrogen (secondary N) is 1. The summed E-state index contributed by atoms with van der Waals surface area (Å²) in [6.45, 7) is 3.40. The fraction of sp³-hybridized carbons (Fsp3) is 0.571. The van der Waals surface area contributed by atoms with Gasteiger partial charge in [0.1, 0.15) is 13.2 Å². The molecule has 3 N–H and O–H groups in total. The summed E-state index contributed by atoms with van der Waals surface area (Å²) in [5.41, 5.74) is 6.88. The molecule has 5 nitrogen and oxygen atoms in total. The van der Waals surface area contributed by atoms with E-state index < -0.39 is 0 Å². The van der Waals surface area contributed by atoms with Gasteiger partial charge in [-0.05, 0) is 31.8 Å². The van der Waals surface area contributed by atoms with Crippen molar-refractivity contribution in [2.45, 2.75) is 6.04 Å². The molecule has 6 heteroatoms. The maximum Gasteiger partial charge on any atom is 0.179 e. The van der Waals surface area contributed by atoms with Crippen LogP contribution in [0.15, 0.2) is 12.1 Å². The summed E-state index contributed by atoms with van der Waals surface area (Å²) in [6.07, 6.45) is 0. The van der Waals surface area contributed by atoms with E-state index in [9.17, 15) is 0 Å². The smallest absolute Gasteiger partial charge is 0.179 e. The van der Waals surface area contributed by atoms with Crippen molar-refractivity contribution in [1.29, 1.82) is 0 Å². The van der Waals surface area contributed by atoms with E-state index in [1.54, 1.807) is 0 Å². The number of rotatable bonds is 6. The largest absolute Gasteiger partial charge is 0.486 e. The highest BCUT2D eigenvalue weighted by molar-refractivity contribution is 6.32. The van der Waals surface area contributed by atoms with Crippen molar-refractivity contribution in [3.63, 3.8) is 0 Å². The molecule has 0 fully saturated rings. The van der Waals surface area contributed by atoms with Crippen LogP contribution < -0.4 is 20.5 Å². The van der Waals surface area contributed by atoms with Crippen LogP contribution in [0.25, 0.3) is 0 Å². The van der Waals surface area contributed by atoms with Gasteiger partial charge < -0.3 is 25.4 Å². The summed E-state index contributed by atoms with van der Waals surface area (Å²) >= 11 is 6.25. The first kappa shape index (κ1) is 15.4. The maximum atomic E-state index is 6.25. The molecule has 0 amide bonds. The Hall–Kier alpha value is -1.01. The van der Waals surface area contributed by atoms with Crippen molar-refractivity contribution in [2.24, 2.45) is 5.73 Å². The van der Waals surface area contributed by atoms with Gasteiger partial charge in [-0.15, -0.1) is 0 Å². The predicted octanol–water partition coefficient (Wildman–Crippen LogP) is 1.26. The van der Waals surface area contributed by atoms with E-state index in [1.807, 2.05) is 26.2 Å². The van der Waals surface area contributed by atoms with Gasteiger partial charge in [-0.25, -0.2) is 0 Å². The van der Waals surface area contributed by atoms with E-state index in [2.05, 4.69) is 10.2 Å². The van der Waals surface area contributed by atoms with Gasteiger partial charge in [-0.2, -0.15) is 0 Å². The van der Waals surface area contributed by atoms with Crippen molar-refractivity contribution in [1.82, 2.24) is 10.2 Å². The Morgan fingerprint density at radius 1 is 1.35 bits per heavy atom. The minimum absolute atomic E-state index is 0.0586. The Morgan fingerprint density at radius 3 is 2.80 bits per heavy atom. The van der Waals surface area contributed by atoms with Crippen LogP contribution >= 0.6 is 11.6 Å². The lowest BCUT2D eigenvalue weighted by Crippen LogP contribution is -2.33. The first-order chi connectivity index (χ1) is 9.61. The van der Waals surface area contributed by atoms with Gasteiger partial charge in [-0.3, -0.25) is 0 Å². The minimum Gasteiger partial charge on any atom is -0.486 e. The number of ether oxygens (including phenoxy) is 2. The van der Waals surface area contributed by atoms with Gasteiger partial charge in [-0.1, -0.05) is 11.6 Å². The molecule has 1 heterocycles. The Balaban J connectivity index is 2.11. The average molecular weight is 300 g/mol. The van der Waals surface area contributed by atoms with Crippen LogP contribution in [0.3, 0.4) is 0 Å². The van der Waals surface area contributed by atoms with Crippen molar-refractivity contribution < 1.29 is 9.47 Å². The third-order valence-corrected chi connectivity index (χ3v) is 3.49. The summed E-state index contributed by atoms with van der Waals surface area (Å²) in [6, 6.07) is 3.92. The first-order valence-corrected chi connectivity index (χ1v) is 7.17. The highest BCUT2D eigenvalue weighted by Crippen LogP contribution is 2.39. The molecule has 112 valence electrons. The van der Waals surface area contributed by atoms with E-state index in [4.69, 9.17) is 26.8 Å². The van der Waals surface area contributed by atoms with Crippen LogP contribution in [0.4, 0.5) is 0 Å². The fourth-order valence-corrected chi connectivity index (χ4v) is 2.41. The van der Waals surface area contributed by atoms with Crippen LogP contribution in [0, 0.1) is 0 Å². The van der Waals surface area contributed by atoms with Gasteiger partial charge in [0, 0.05) is 25.7 Å². The van der Waals surface area contributed by atoms with E-state index >= 15 is 0 Å². The van der Waals surface area contributed by atoms with E-state index in [0.29, 0.717) is 36.3 Å². The van der Waals surface area contributed by atoms with Crippen LogP contribution in [-0.4, -0.2) is 51.8 Å². The maximum absolute atomic E-state index is 6.25. The van der Waals surface area contributed by atoms with E-state index in [-0.39, 0.29) is 6.04 Å². The Bertz CT molecular complexity index is 454. The van der Waals surface area contributed by atoms with Crippen molar-refractivity contribution in [3.05, 3.63) is 22.7 Å². The third kappa shape index (κ3) is 3.76. The number of halogens is 1. The second-order valence-corrected chi connectivity index (χ2v) is 5.48. The molecule has 0 aliphatic carbocycles. The first-order valence-electron chi connectivity index (χ1n) is 6.79. The molecule has 0 bridgehead atoms. The second kappa shape index (κ2) is 7.13. The lowest BCUT2D eigenvalue weighted by molar-refractivity contribution is 0.171. The van der Waals surface area contributed by atoms with Crippen LogP contribution in [0.2, 0.25) is 5.02 Å². The standard InChI is InChI=1S/C14H22ClN3O2/c1-18(2)4-3-17-12(9-16)10-7-11(15)14-13(8-10)19-5-6-20-14/h7-8,12,17H,3-6,9,16H2,1-2H3. The highest BCUT2D eigenvalue weighted by atomic mass is 35.5. The summed E-state index contributed by atoms with van der Waals surface area (Å²) in [7, 11) is 4.08. The minimum atomic E-state index is 0.0586. The lowest BCUT2D eigenvalue weighted by Gasteiger charge is -2.23. The molecular formula is C14H22ClN3O2. The number of nitrogens with zero attached hydrogens (tertiary/aromatic N) is 1. The number of hydrogen-bond acceptors (Lipinski definition) is 5. The van der Waals surface area contributed by atoms with Crippen molar-refractivity contribution >= 4 is 11.6 Å². The molecule has 1 aromatic carbocycles. The number of benzene rings is 1. The topological polar surface area (TPSA) is 59.8 Å². The number of hydrogen-bond donors (Lipinski definition) is 2. The SMILES string of the molecule is CN(C)CCNC(CN)c1cc(Cl)c2c(c1)OCCO2. The summed E-state index contributed by atoms with van der Waals surface area (Å²) in [5, 5.41) is 4.00. The molecule has 0 aromatic heterocycles. The molecule has 1 unspecified atom stereocenters. The normalized spacial score (nSPS) is 15.4. The lowest BCUT2D eigenvalue weighted by atomic mass is 10.1. The third-order valence-electron chi connectivity index (χ3n) is 3.21. The quantitative estimate of drug-likeness (QED) is 0.828. The summed E-state index contributed by atoms with van der Waals surface area (Å²) in [4.78, 5) is 2.12. The zero-order chi connectivity index (χ0) is 14.5. The molecule has 0 saturated heterocycles. The van der Waals surface area contributed by atoms with Crippen LogP contribution in [0.1, 0.15) is 11.6 Å². The number of likely N-dealkylation sites (N-methyl/N-ethyl adjacent to an activating group) is 1. The van der Waals surface area contributed by atoms with E-state index in [0.717, 1.165) is 18.7 Å². The van der Waals surface area contributed by atoms with Gasteiger partial charge in [0.05, 0.1) is 5.02 Å². The number of fused-ring (bicyclic) bond motifs is 1. The molecule has 2 rings (SSSR count). The van der Waals surface area contributed by atoms with Crippen LogP contribution in [-0.2, 0) is 0 Å². The Kier molecular flexibility index (Phi) is 5.48. The fourth-order valence-electron chi connectivity index (χ4n) is 2.13. The Labute approximate surface area is 125 Å². The summed E-state index contributed by atoms with van der Waals surface area (Å²) in [5.74, 6) is 1.33. The van der Waals surface area contributed by atoms with Crippen LogP contribution in [0.5, 0.6) is 11.5 Å². The molecule has 1 atom stereocenters. The highest BCUT2D eigenvalue weighted by Gasteiger charge is 2.19. The van der Waals surface area contributed by atoms with E-state index in [1.165, 1.54) is 0 Å². The van der Waals surface area contributed by atoms with Crippen molar-refractivity contribution in [3.8, 4) is 11.5 Å². The molecule has 1 aliphatic rings. The average Bonchev–Trinajstić information content (AvgIpc) is 2.43. The van der Waals surface area contributed by atoms with Gasteiger partial charge in [0.25, 0.3) is 0 Å². The molecule has 0 spiro atoms. The molecule has 1 aliphatic heterocycles. The molecular weight excluding hydrogens is 278 g/mol. The molecule has 0 saturated carbocycles.